The van der Waals surface area contributed by atoms with Gasteiger partial charge in [-0.05, 0) is 52.6 Å². The average Bonchev–Trinajstić information content (AvgIpc) is 3.10. The summed E-state index contributed by atoms with van der Waals surface area (Å²) in [4.78, 5) is 16.7. The second kappa shape index (κ2) is 6.97. The molecular weight excluding hydrogens is 333 g/mol. The summed E-state index contributed by atoms with van der Waals surface area (Å²) in [5.74, 6) is -0.127. The van der Waals surface area contributed by atoms with Crippen LogP contribution in [-0.2, 0) is 30.4 Å². The molecule has 1 aromatic rings. The van der Waals surface area contributed by atoms with Gasteiger partial charge in [-0.3, -0.25) is 9.48 Å². The number of hydrogen-bond acceptors (Lipinski definition) is 3. The Morgan fingerprint density at radius 1 is 1.24 bits per heavy atom. The molecule has 1 amide bonds. The Morgan fingerprint density at radius 3 is 2.68 bits per heavy atom. The number of carbonyl (C=O) groups is 1. The third-order valence-electron chi connectivity index (χ3n) is 5.08. The summed E-state index contributed by atoms with van der Waals surface area (Å²) >= 11 is 0. The highest BCUT2D eigenvalue weighted by molar-refractivity contribution is 5.76. The molecule has 3 rings (SSSR count). The van der Waals surface area contributed by atoms with Gasteiger partial charge in [0.15, 0.2) is 5.69 Å². The zero-order chi connectivity index (χ0) is 18.2. The Bertz CT molecular complexity index is 639. The van der Waals surface area contributed by atoms with Crippen molar-refractivity contribution in [3.05, 3.63) is 17.0 Å². The van der Waals surface area contributed by atoms with Crippen LogP contribution in [0.4, 0.5) is 13.2 Å². The number of hydrogen-bond donors (Lipinski definition) is 0. The molecule has 1 aliphatic heterocycles. The summed E-state index contributed by atoms with van der Waals surface area (Å²) in [7, 11) is 3.93. The Hall–Kier alpha value is -1.57. The van der Waals surface area contributed by atoms with Crippen molar-refractivity contribution in [2.45, 2.75) is 57.3 Å². The second-order valence-electron chi connectivity index (χ2n) is 7.28. The number of halogens is 3. The van der Waals surface area contributed by atoms with E-state index in [1.807, 2.05) is 23.9 Å². The molecule has 1 aliphatic carbocycles. The lowest BCUT2D eigenvalue weighted by molar-refractivity contribution is -0.143. The van der Waals surface area contributed by atoms with E-state index in [2.05, 4.69) is 5.10 Å². The van der Waals surface area contributed by atoms with Gasteiger partial charge in [0.25, 0.3) is 0 Å². The number of alkyl halides is 3. The molecule has 0 unspecified atom stereocenters. The predicted molar refractivity (Wildman–Crippen MR) is 87.2 cm³/mol. The first-order valence-corrected chi connectivity index (χ1v) is 8.87. The van der Waals surface area contributed by atoms with Gasteiger partial charge in [-0.1, -0.05) is 0 Å². The molecule has 1 aromatic heterocycles. The fourth-order valence-electron chi connectivity index (χ4n) is 4.03. The van der Waals surface area contributed by atoms with Crippen molar-refractivity contribution in [2.75, 3.05) is 27.2 Å². The molecule has 8 heteroatoms. The van der Waals surface area contributed by atoms with Crippen molar-refractivity contribution in [1.82, 2.24) is 19.6 Å². The van der Waals surface area contributed by atoms with Crippen molar-refractivity contribution >= 4 is 5.91 Å². The van der Waals surface area contributed by atoms with E-state index >= 15 is 0 Å². The van der Waals surface area contributed by atoms with Gasteiger partial charge in [0.05, 0.1) is 0 Å². The van der Waals surface area contributed by atoms with Crippen LogP contribution in [0.3, 0.4) is 0 Å². The van der Waals surface area contributed by atoms with Crippen LogP contribution in [0.25, 0.3) is 0 Å². The van der Waals surface area contributed by atoms with E-state index < -0.39 is 11.9 Å². The van der Waals surface area contributed by atoms with E-state index in [1.165, 1.54) is 4.68 Å². The summed E-state index contributed by atoms with van der Waals surface area (Å²) in [6.45, 7) is 1.35. The zero-order valence-electron chi connectivity index (χ0n) is 14.8. The number of likely N-dealkylation sites (N-methyl/N-ethyl adjacent to an activating group) is 1. The molecule has 5 nitrogen and oxygen atoms in total. The number of aromatic nitrogens is 2. The fraction of sp³-hybridized carbons (Fsp3) is 0.765. The molecule has 0 saturated carbocycles. The van der Waals surface area contributed by atoms with E-state index in [0.29, 0.717) is 31.5 Å². The molecule has 140 valence electrons. The molecule has 0 aromatic carbocycles. The van der Waals surface area contributed by atoms with Gasteiger partial charge < -0.3 is 9.80 Å². The van der Waals surface area contributed by atoms with Crippen molar-refractivity contribution in [3.63, 3.8) is 0 Å². The number of fused-ring (bicyclic) bond motifs is 1. The van der Waals surface area contributed by atoms with Crippen LogP contribution in [0.15, 0.2) is 0 Å². The summed E-state index contributed by atoms with van der Waals surface area (Å²) in [5.41, 5.74) is 0.0573. The van der Waals surface area contributed by atoms with Crippen molar-refractivity contribution in [1.29, 1.82) is 0 Å². The molecule has 2 aliphatic rings. The SMILES string of the molecule is CN(C)C[C@H]1CCCCN1C(=O)Cn1nc(C(F)(F)F)c2c1CCC2. The molecule has 0 radical (unpaired) electrons. The minimum atomic E-state index is -4.46. The first-order chi connectivity index (χ1) is 11.8. The number of amides is 1. The standard InChI is InChI=1S/C17H25F3N4O/c1-22(2)10-12-6-3-4-9-23(12)15(25)11-24-14-8-5-7-13(14)16(21-24)17(18,19)20/h12H,3-11H2,1-2H3/t12-/m1/s1. The third kappa shape index (κ3) is 3.83. The highest BCUT2D eigenvalue weighted by Crippen LogP contribution is 2.36. The van der Waals surface area contributed by atoms with Gasteiger partial charge in [0, 0.05) is 30.4 Å². The number of piperidine rings is 1. The summed E-state index contributed by atoms with van der Waals surface area (Å²) < 4.78 is 40.8. The lowest BCUT2D eigenvalue weighted by atomic mass is 10.0. The van der Waals surface area contributed by atoms with E-state index in [0.717, 1.165) is 25.8 Å². The Morgan fingerprint density at radius 2 is 2.00 bits per heavy atom. The van der Waals surface area contributed by atoms with Gasteiger partial charge in [0.1, 0.15) is 6.54 Å². The van der Waals surface area contributed by atoms with Gasteiger partial charge in [-0.25, -0.2) is 0 Å². The smallest absolute Gasteiger partial charge is 0.337 e. The summed E-state index contributed by atoms with van der Waals surface area (Å²) in [5, 5.41) is 3.76. The average molecular weight is 358 g/mol. The largest absolute Gasteiger partial charge is 0.435 e. The van der Waals surface area contributed by atoms with Crippen molar-refractivity contribution in [2.24, 2.45) is 0 Å². The number of likely N-dealkylation sites (tertiary alicyclic amines) is 1. The van der Waals surface area contributed by atoms with Crippen LogP contribution >= 0.6 is 0 Å². The van der Waals surface area contributed by atoms with E-state index in [4.69, 9.17) is 0 Å². The maximum atomic E-state index is 13.2. The molecule has 1 saturated heterocycles. The lowest BCUT2D eigenvalue weighted by Gasteiger charge is -2.37. The zero-order valence-corrected chi connectivity index (χ0v) is 14.8. The molecule has 1 fully saturated rings. The molecule has 0 bridgehead atoms. The first kappa shape index (κ1) is 18.2. The predicted octanol–water partition coefficient (Wildman–Crippen LogP) is 2.33. The van der Waals surface area contributed by atoms with Crippen LogP contribution < -0.4 is 0 Å². The molecule has 0 spiro atoms. The van der Waals surface area contributed by atoms with Gasteiger partial charge in [0.2, 0.25) is 5.91 Å². The normalized spacial score (nSPS) is 21.0. The molecule has 25 heavy (non-hydrogen) atoms. The minimum absolute atomic E-state index is 0.0949. The topological polar surface area (TPSA) is 41.4 Å². The maximum Gasteiger partial charge on any atom is 0.435 e. The van der Waals surface area contributed by atoms with E-state index in [1.54, 1.807) is 0 Å². The summed E-state index contributed by atoms with van der Waals surface area (Å²) in [6.07, 6.45) is 0.157. The van der Waals surface area contributed by atoms with Gasteiger partial charge in [-0.15, -0.1) is 0 Å². The first-order valence-electron chi connectivity index (χ1n) is 8.87. The number of rotatable bonds is 4. The van der Waals surface area contributed by atoms with Crippen LogP contribution in [0.1, 0.15) is 42.6 Å². The molecule has 0 N–H and O–H groups in total. The van der Waals surface area contributed by atoms with E-state index in [9.17, 15) is 18.0 Å². The summed E-state index contributed by atoms with van der Waals surface area (Å²) in [6, 6.07) is 0.127. The molecule has 2 heterocycles. The molecule has 1 atom stereocenters. The maximum absolute atomic E-state index is 13.2. The highest BCUT2D eigenvalue weighted by Gasteiger charge is 2.40. The second-order valence-corrected chi connectivity index (χ2v) is 7.28. The van der Waals surface area contributed by atoms with Crippen LogP contribution in [-0.4, -0.2) is 58.7 Å². The van der Waals surface area contributed by atoms with Crippen molar-refractivity contribution in [3.8, 4) is 0 Å². The van der Waals surface area contributed by atoms with Crippen molar-refractivity contribution < 1.29 is 18.0 Å². The third-order valence-corrected chi connectivity index (χ3v) is 5.08. The van der Waals surface area contributed by atoms with Gasteiger partial charge in [-0.2, -0.15) is 18.3 Å². The number of carbonyl (C=O) groups excluding carboxylic acids is 1. The van der Waals surface area contributed by atoms with Crippen LogP contribution in [0.2, 0.25) is 0 Å². The monoisotopic (exact) mass is 358 g/mol. The fourth-order valence-corrected chi connectivity index (χ4v) is 4.03. The lowest BCUT2D eigenvalue weighted by Crippen LogP contribution is -2.49. The Kier molecular flexibility index (Phi) is 5.09. The van der Waals surface area contributed by atoms with Crippen LogP contribution in [0.5, 0.6) is 0 Å². The Labute approximate surface area is 145 Å². The highest BCUT2D eigenvalue weighted by atomic mass is 19.4. The quantitative estimate of drug-likeness (QED) is 0.830. The van der Waals surface area contributed by atoms with Gasteiger partial charge >= 0.3 is 6.18 Å². The number of nitrogens with zero attached hydrogens (tertiary/aromatic N) is 4. The minimum Gasteiger partial charge on any atom is -0.337 e. The van der Waals surface area contributed by atoms with Crippen LogP contribution in [0, 0.1) is 0 Å². The molecular formula is C17H25F3N4O. The Balaban J connectivity index is 1.79. The van der Waals surface area contributed by atoms with E-state index in [-0.39, 0.29) is 24.1 Å².